The van der Waals surface area contributed by atoms with Gasteiger partial charge in [0, 0.05) is 20.6 Å². The number of rotatable bonds is 6. The third kappa shape index (κ3) is 2.66. The molecule has 0 unspecified atom stereocenters. The SMILES string of the molecule is COc1cc(C)c(C)cc1C(CCN)(OC)OC. The molecule has 0 atom stereocenters. The number of benzene rings is 1. The van der Waals surface area contributed by atoms with Gasteiger partial charge in [0.2, 0.25) is 0 Å². The maximum atomic E-state index is 5.66. The monoisotopic (exact) mass is 253 g/mol. The van der Waals surface area contributed by atoms with E-state index in [0.717, 1.165) is 11.3 Å². The van der Waals surface area contributed by atoms with Gasteiger partial charge in [0.05, 0.1) is 12.7 Å². The first-order valence-corrected chi connectivity index (χ1v) is 6.00. The van der Waals surface area contributed by atoms with Gasteiger partial charge in [0.25, 0.3) is 0 Å². The molecule has 0 bridgehead atoms. The van der Waals surface area contributed by atoms with Crippen LogP contribution in [-0.2, 0) is 15.3 Å². The summed E-state index contributed by atoms with van der Waals surface area (Å²) in [5.74, 6) is -0.0892. The van der Waals surface area contributed by atoms with Crippen LogP contribution in [0.25, 0.3) is 0 Å². The summed E-state index contributed by atoms with van der Waals surface area (Å²) in [5.41, 5.74) is 8.88. The van der Waals surface area contributed by atoms with Crippen LogP contribution in [0.15, 0.2) is 12.1 Å². The van der Waals surface area contributed by atoms with Crippen LogP contribution in [0.3, 0.4) is 0 Å². The summed E-state index contributed by atoms with van der Waals surface area (Å²) in [6.07, 6.45) is 0.568. The van der Waals surface area contributed by atoms with Gasteiger partial charge in [0.15, 0.2) is 5.79 Å². The van der Waals surface area contributed by atoms with Crippen molar-refractivity contribution in [2.75, 3.05) is 27.9 Å². The minimum Gasteiger partial charge on any atom is -0.496 e. The Balaban J connectivity index is 3.39. The van der Waals surface area contributed by atoms with Gasteiger partial charge in [0.1, 0.15) is 5.75 Å². The quantitative estimate of drug-likeness (QED) is 0.789. The van der Waals surface area contributed by atoms with E-state index in [2.05, 4.69) is 6.92 Å². The average molecular weight is 253 g/mol. The van der Waals surface area contributed by atoms with Gasteiger partial charge in [-0.3, -0.25) is 0 Å². The molecule has 0 radical (unpaired) electrons. The molecule has 0 saturated carbocycles. The molecule has 0 aromatic heterocycles. The molecular formula is C14H23NO3. The largest absolute Gasteiger partial charge is 0.496 e. The van der Waals surface area contributed by atoms with Gasteiger partial charge in [-0.2, -0.15) is 0 Å². The first kappa shape index (κ1) is 15.0. The van der Waals surface area contributed by atoms with Crippen LogP contribution in [0, 0.1) is 13.8 Å². The zero-order valence-corrected chi connectivity index (χ0v) is 11.9. The lowest BCUT2D eigenvalue weighted by molar-refractivity contribution is -0.219. The van der Waals surface area contributed by atoms with Crippen molar-refractivity contribution in [3.05, 3.63) is 28.8 Å². The molecule has 0 fully saturated rings. The van der Waals surface area contributed by atoms with Crippen molar-refractivity contribution in [3.8, 4) is 5.75 Å². The molecule has 0 spiro atoms. The highest BCUT2D eigenvalue weighted by atomic mass is 16.7. The van der Waals surface area contributed by atoms with Crippen molar-refractivity contribution in [3.63, 3.8) is 0 Å². The molecule has 0 aliphatic carbocycles. The summed E-state index contributed by atoms with van der Waals surface area (Å²) >= 11 is 0. The molecular weight excluding hydrogens is 230 g/mol. The summed E-state index contributed by atoms with van der Waals surface area (Å²) < 4.78 is 16.6. The highest BCUT2D eigenvalue weighted by molar-refractivity contribution is 5.44. The van der Waals surface area contributed by atoms with E-state index in [1.807, 2.05) is 19.1 Å². The van der Waals surface area contributed by atoms with E-state index >= 15 is 0 Å². The number of hydrogen-bond donors (Lipinski definition) is 1. The van der Waals surface area contributed by atoms with Crippen LogP contribution in [-0.4, -0.2) is 27.9 Å². The zero-order chi connectivity index (χ0) is 13.8. The Hall–Kier alpha value is -1.10. The fourth-order valence-corrected chi connectivity index (χ4v) is 2.09. The van der Waals surface area contributed by atoms with Crippen molar-refractivity contribution in [2.24, 2.45) is 5.73 Å². The smallest absolute Gasteiger partial charge is 0.199 e. The summed E-state index contributed by atoms with van der Waals surface area (Å²) in [6, 6.07) is 4.03. The fraction of sp³-hybridized carbons (Fsp3) is 0.571. The van der Waals surface area contributed by atoms with Crippen LogP contribution in [0.4, 0.5) is 0 Å². The lowest BCUT2D eigenvalue weighted by Gasteiger charge is -2.32. The van der Waals surface area contributed by atoms with E-state index in [-0.39, 0.29) is 0 Å². The molecule has 4 nitrogen and oxygen atoms in total. The Labute approximate surface area is 109 Å². The normalized spacial score (nSPS) is 11.7. The molecule has 0 amide bonds. The second kappa shape index (κ2) is 6.18. The number of nitrogens with two attached hydrogens (primary N) is 1. The Bertz CT molecular complexity index is 400. The first-order valence-electron chi connectivity index (χ1n) is 6.00. The topological polar surface area (TPSA) is 53.7 Å². The van der Waals surface area contributed by atoms with Crippen LogP contribution in [0.5, 0.6) is 5.75 Å². The van der Waals surface area contributed by atoms with Crippen molar-refractivity contribution >= 4 is 0 Å². The number of ether oxygens (including phenoxy) is 3. The Morgan fingerprint density at radius 2 is 1.61 bits per heavy atom. The molecule has 0 heterocycles. The molecule has 0 saturated heterocycles. The molecule has 0 aliphatic rings. The van der Waals surface area contributed by atoms with Gasteiger partial charge in [-0.05, 0) is 43.7 Å². The van der Waals surface area contributed by atoms with Crippen LogP contribution >= 0.6 is 0 Å². The first-order chi connectivity index (χ1) is 8.54. The molecule has 1 aromatic rings. The highest BCUT2D eigenvalue weighted by Gasteiger charge is 2.34. The molecule has 4 heteroatoms. The summed E-state index contributed by atoms with van der Waals surface area (Å²) in [6.45, 7) is 4.57. The average Bonchev–Trinajstić information content (AvgIpc) is 2.39. The third-order valence-electron chi connectivity index (χ3n) is 3.36. The zero-order valence-electron chi connectivity index (χ0n) is 11.9. The third-order valence-corrected chi connectivity index (χ3v) is 3.36. The predicted octanol–water partition coefficient (Wildman–Crippen LogP) is 2.11. The van der Waals surface area contributed by atoms with E-state index < -0.39 is 5.79 Å². The second-order valence-corrected chi connectivity index (χ2v) is 4.34. The summed E-state index contributed by atoms with van der Waals surface area (Å²) in [5, 5.41) is 0. The molecule has 2 N–H and O–H groups in total. The lowest BCUT2D eigenvalue weighted by Crippen LogP contribution is -2.34. The van der Waals surface area contributed by atoms with E-state index in [1.165, 1.54) is 11.1 Å². The van der Waals surface area contributed by atoms with E-state index in [4.69, 9.17) is 19.9 Å². The number of hydrogen-bond acceptors (Lipinski definition) is 4. The Kier molecular flexibility index (Phi) is 5.14. The fourth-order valence-electron chi connectivity index (χ4n) is 2.09. The van der Waals surface area contributed by atoms with Crippen LogP contribution < -0.4 is 10.5 Å². The van der Waals surface area contributed by atoms with E-state index in [1.54, 1.807) is 21.3 Å². The van der Waals surface area contributed by atoms with Crippen molar-refractivity contribution in [1.82, 2.24) is 0 Å². The van der Waals surface area contributed by atoms with Gasteiger partial charge >= 0.3 is 0 Å². The molecule has 1 rings (SSSR count). The highest BCUT2D eigenvalue weighted by Crippen LogP contribution is 2.37. The molecule has 18 heavy (non-hydrogen) atoms. The minimum atomic E-state index is -0.849. The maximum Gasteiger partial charge on any atom is 0.199 e. The van der Waals surface area contributed by atoms with Crippen LogP contribution in [0.2, 0.25) is 0 Å². The maximum absolute atomic E-state index is 5.66. The van der Waals surface area contributed by atoms with Crippen molar-refractivity contribution < 1.29 is 14.2 Å². The van der Waals surface area contributed by atoms with Gasteiger partial charge in [-0.15, -0.1) is 0 Å². The van der Waals surface area contributed by atoms with E-state index in [0.29, 0.717) is 13.0 Å². The van der Waals surface area contributed by atoms with E-state index in [9.17, 15) is 0 Å². The molecule has 0 aliphatic heterocycles. The number of methoxy groups -OCH3 is 3. The number of aryl methyl sites for hydroxylation is 2. The Morgan fingerprint density at radius 3 is 2.06 bits per heavy atom. The Morgan fingerprint density at radius 1 is 1.06 bits per heavy atom. The van der Waals surface area contributed by atoms with Crippen molar-refractivity contribution in [1.29, 1.82) is 0 Å². The second-order valence-electron chi connectivity index (χ2n) is 4.34. The summed E-state index contributed by atoms with van der Waals surface area (Å²) in [4.78, 5) is 0. The lowest BCUT2D eigenvalue weighted by atomic mass is 9.96. The molecule has 102 valence electrons. The predicted molar refractivity (Wildman–Crippen MR) is 71.8 cm³/mol. The standard InChI is InChI=1S/C14H23NO3/c1-10-8-12(13(16-3)9-11(10)2)14(17-4,18-5)6-7-15/h8-9H,6-7,15H2,1-5H3. The van der Waals surface area contributed by atoms with Crippen LogP contribution in [0.1, 0.15) is 23.1 Å². The summed E-state index contributed by atoms with van der Waals surface area (Å²) in [7, 11) is 4.88. The van der Waals surface area contributed by atoms with Gasteiger partial charge < -0.3 is 19.9 Å². The molecule has 1 aromatic carbocycles. The van der Waals surface area contributed by atoms with Crippen molar-refractivity contribution in [2.45, 2.75) is 26.1 Å². The van der Waals surface area contributed by atoms with Gasteiger partial charge in [-0.1, -0.05) is 0 Å². The minimum absolute atomic E-state index is 0.470. The van der Waals surface area contributed by atoms with Gasteiger partial charge in [-0.25, -0.2) is 0 Å².